The van der Waals surface area contributed by atoms with E-state index in [1.165, 1.54) is 23.5 Å². The third-order valence-electron chi connectivity index (χ3n) is 3.86. The fourth-order valence-electron chi connectivity index (χ4n) is 2.57. The average molecular weight is 406 g/mol. The van der Waals surface area contributed by atoms with Crippen LogP contribution in [0.1, 0.15) is 18.1 Å². The molecule has 146 valence electrons. The van der Waals surface area contributed by atoms with Crippen molar-refractivity contribution >= 4 is 22.4 Å². The molecule has 0 saturated carbocycles. The van der Waals surface area contributed by atoms with Gasteiger partial charge in [-0.3, -0.25) is 4.79 Å². The van der Waals surface area contributed by atoms with Gasteiger partial charge in [0, 0.05) is 10.9 Å². The van der Waals surface area contributed by atoms with E-state index in [-0.39, 0.29) is 12.3 Å². The molecule has 0 unspecified atom stereocenters. The molecular weight excluding hydrogens is 389 g/mol. The van der Waals surface area contributed by atoms with Crippen LogP contribution >= 0.6 is 11.3 Å². The van der Waals surface area contributed by atoms with Crippen LogP contribution in [0.2, 0.25) is 0 Å². The summed E-state index contributed by atoms with van der Waals surface area (Å²) in [6, 6.07) is 12.0. The van der Waals surface area contributed by atoms with Crippen LogP contribution in [-0.2, 0) is 17.4 Å². The second kappa shape index (κ2) is 8.43. The summed E-state index contributed by atoms with van der Waals surface area (Å²) >= 11 is 1.27. The summed E-state index contributed by atoms with van der Waals surface area (Å²) < 4.78 is 43.4. The van der Waals surface area contributed by atoms with Gasteiger partial charge in [0.05, 0.1) is 24.3 Å². The third-order valence-corrected chi connectivity index (χ3v) is 4.62. The monoisotopic (exact) mass is 406 g/mol. The third kappa shape index (κ3) is 4.89. The van der Waals surface area contributed by atoms with Crippen LogP contribution in [0.3, 0.4) is 0 Å². The molecule has 3 rings (SSSR count). The van der Waals surface area contributed by atoms with Crippen molar-refractivity contribution in [1.82, 2.24) is 4.98 Å². The highest BCUT2D eigenvalue weighted by atomic mass is 32.1. The van der Waals surface area contributed by atoms with Crippen molar-refractivity contribution in [3.05, 3.63) is 65.0 Å². The van der Waals surface area contributed by atoms with Crippen LogP contribution < -0.4 is 10.1 Å². The number of aromatic nitrogens is 1. The van der Waals surface area contributed by atoms with Crippen molar-refractivity contribution in [1.29, 1.82) is 0 Å². The molecule has 0 bridgehead atoms. The number of nitrogens with one attached hydrogen (secondary N) is 1. The molecule has 1 amide bonds. The lowest BCUT2D eigenvalue weighted by Crippen LogP contribution is -2.14. The van der Waals surface area contributed by atoms with Crippen LogP contribution in [-0.4, -0.2) is 17.5 Å². The Kier molecular flexibility index (Phi) is 5.99. The predicted molar refractivity (Wildman–Crippen MR) is 102 cm³/mol. The maximum Gasteiger partial charge on any atom is 0.416 e. The number of hydrogen-bond acceptors (Lipinski definition) is 4. The number of rotatable bonds is 6. The highest BCUT2D eigenvalue weighted by molar-refractivity contribution is 7.14. The minimum absolute atomic E-state index is 0.0391. The largest absolute Gasteiger partial charge is 0.493 e. The Morgan fingerprint density at radius 3 is 2.54 bits per heavy atom. The van der Waals surface area contributed by atoms with Gasteiger partial charge in [-0.1, -0.05) is 24.3 Å². The van der Waals surface area contributed by atoms with Crippen LogP contribution in [0.15, 0.2) is 53.9 Å². The number of alkyl halides is 3. The maximum absolute atomic E-state index is 12.6. The summed E-state index contributed by atoms with van der Waals surface area (Å²) in [6.07, 6.45) is -4.43. The maximum atomic E-state index is 12.6. The molecule has 8 heteroatoms. The van der Waals surface area contributed by atoms with Crippen molar-refractivity contribution in [2.75, 3.05) is 11.9 Å². The fraction of sp³-hybridized carbons (Fsp3) is 0.200. The van der Waals surface area contributed by atoms with Gasteiger partial charge in [-0.25, -0.2) is 4.98 Å². The number of hydrogen-bond donors (Lipinski definition) is 1. The molecule has 2 aromatic carbocycles. The van der Waals surface area contributed by atoms with E-state index in [2.05, 4.69) is 10.3 Å². The zero-order chi connectivity index (χ0) is 20.1. The molecule has 28 heavy (non-hydrogen) atoms. The minimum Gasteiger partial charge on any atom is -0.493 e. The molecule has 4 nitrogen and oxygen atoms in total. The van der Waals surface area contributed by atoms with Crippen LogP contribution in [0.5, 0.6) is 5.75 Å². The summed E-state index contributed by atoms with van der Waals surface area (Å²) in [4.78, 5) is 16.6. The molecule has 0 spiro atoms. The molecule has 0 atom stereocenters. The Bertz CT molecular complexity index is 953. The van der Waals surface area contributed by atoms with Gasteiger partial charge in [0.25, 0.3) is 0 Å². The predicted octanol–water partition coefficient (Wildman–Crippen LogP) is 5.41. The lowest BCUT2D eigenvalue weighted by Gasteiger charge is -2.08. The molecule has 1 aromatic heterocycles. The standard InChI is InChI=1S/C20H17F3N2O2S/c1-2-27-17-6-4-3-5-15(17)16-12-28-19(24-16)25-18(26)11-13-7-9-14(10-8-13)20(21,22)23/h3-10,12H,2,11H2,1H3,(H,24,25,26). The molecule has 0 saturated heterocycles. The lowest BCUT2D eigenvalue weighted by molar-refractivity contribution is -0.137. The molecular formula is C20H17F3N2O2S. The summed E-state index contributed by atoms with van der Waals surface area (Å²) in [7, 11) is 0. The first-order valence-corrected chi connectivity index (χ1v) is 9.38. The number of nitrogens with zero attached hydrogens (tertiary/aromatic N) is 1. The smallest absolute Gasteiger partial charge is 0.416 e. The van der Waals surface area contributed by atoms with Crippen molar-refractivity contribution in [3.8, 4) is 17.0 Å². The van der Waals surface area contributed by atoms with Crippen LogP contribution in [0, 0.1) is 0 Å². The Morgan fingerprint density at radius 2 is 1.86 bits per heavy atom. The lowest BCUT2D eigenvalue weighted by atomic mass is 10.1. The molecule has 0 aliphatic heterocycles. The van der Waals surface area contributed by atoms with Gasteiger partial charge >= 0.3 is 6.18 Å². The number of ether oxygens (including phenoxy) is 1. The highest BCUT2D eigenvalue weighted by Gasteiger charge is 2.30. The van der Waals surface area contributed by atoms with Gasteiger partial charge in [-0.2, -0.15) is 13.2 Å². The number of carbonyl (C=O) groups excluding carboxylic acids is 1. The van der Waals surface area contributed by atoms with Gasteiger partial charge in [-0.05, 0) is 36.8 Å². The Balaban J connectivity index is 1.66. The SMILES string of the molecule is CCOc1ccccc1-c1csc(NC(=O)Cc2ccc(C(F)(F)F)cc2)n1. The molecule has 1 N–H and O–H groups in total. The van der Waals surface area contributed by atoms with Crippen molar-refractivity contribution in [2.24, 2.45) is 0 Å². The van der Waals surface area contributed by atoms with Gasteiger partial charge in [0.2, 0.25) is 5.91 Å². The zero-order valence-electron chi connectivity index (χ0n) is 14.9. The van der Waals surface area contributed by atoms with Gasteiger partial charge in [0.1, 0.15) is 5.75 Å². The van der Waals surface area contributed by atoms with E-state index in [4.69, 9.17) is 4.74 Å². The van der Waals surface area contributed by atoms with Crippen molar-refractivity contribution in [3.63, 3.8) is 0 Å². The van der Waals surface area contributed by atoms with E-state index >= 15 is 0 Å². The fourth-order valence-corrected chi connectivity index (χ4v) is 3.30. The minimum atomic E-state index is -4.39. The number of anilines is 1. The van der Waals surface area contributed by atoms with E-state index in [1.807, 2.05) is 36.6 Å². The number of amides is 1. The zero-order valence-corrected chi connectivity index (χ0v) is 15.7. The normalized spacial score (nSPS) is 11.3. The number of carbonyl (C=O) groups is 1. The molecule has 1 heterocycles. The topological polar surface area (TPSA) is 51.2 Å². The molecule has 0 aliphatic rings. The average Bonchev–Trinajstić information content (AvgIpc) is 3.10. The molecule has 0 radical (unpaired) electrons. The van der Waals surface area contributed by atoms with Crippen LogP contribution in [0.25, 0.3) is 11.3 Å². The first-order chi connectivity index (χ1) is 13.4. The van der Waals surface area contributed by atoms with Gasteiger partial charge < -0.3 is 10.1 Å². The number of para-hydroxylation sites is 1. The summed E-state index contributed by atoms with van der Waals surface area (Å²) in [6.45, 7) is 2.42. The molecule has 0 fully saturated rings. The summed E-state index contributed by atoms with van der Waals surface area (Å²) in [5.74, 6) is 0.358. The van der Waals surface area contributed by atoms with E-state index in [9.17, 15) is 18.0 Å². The van der Waals surface area contributed by atoms with E-state index in [0.29, 0.717) is 28.7 Å². The summed E-state index contributed by atoms with van der Waals surface area (Å²) in [5, 5.41) is 4.91. The van der Waals surface area contributed by atoms with E-state index in [0.717, 1.165) is 17.7 Å². The number of thiazole rings is 1. The number of benzene rings is 2. The van der Waals surface area contributed by atoms with Gasteiger partial charge in [0.15, 0.2) is 5.13 Å². The first-order valence-electron chi connectivity index (χ1n) is 8.50. The first kappa shape index (κ1) is 19.9. The van der Waals surface area contributed by atoms with Gasteiger partial charge in [-0.15, -0.1) is 11.3 Å². The quantitative estimate of drug-likeness (QED) is 0.596. The molecule has 3 aromatic rings. The number of halogens is 3. The highest BCUT2D eigenvalue weighted by Crippen LogP contribution is 2.32. The Morgan fingerprint density at radius 1 is 1.14 bits per heavy atom. The van der Waals surface area contributed by atoms with E-state index < -0.39 is 11.7 Å². The Labute approximate surface area is 164 Å². The Hall–Kier alpha value is -2.87. The van der Waals surface area contributed by atoms with Crippen molar-refractivity contribution < 1.29 is 22.7 Å². The second-order valence-electron chi connectivity index (χ2n) is 5.89. The summed E-state index contributed by atoms with van der Waals surface area (Å²) in [5.41, 5.74) is 1.25. The molecule has 0 aliphatic carbocycles. The second-order valence-corrected chi connectivity index (χ2v) is 6.74. The van der Waals surface area contributed by atoms with Crippen LogP contribution in [0.4, 0.5) is 18.3 Å². The van der Waals surface area contributed by atoms with E-state index in [1.54, 1.807) is 0 Å². The van der Waals surface area contributed by atoms with Crippen molar-refractivity contribution in [2.45, 2.75) is 19.5 Å².